The van der Waals surface area contributed by atoms with Crippen LogP contribution in [0.4, 0.5) is 0 Å². The smallest absolute Gasteiger partial charge is 0.303 e. The molecular weight excluding hydrogens is 248 g/mol. The van der Waals surface area contributed by atoms with Crippen LogP contribution < -0.4 is 10.1 Å². The summed E-state index contributed by atoms with van der Waals surface area (Å²) in [5.74, 6) is -0.813. The second-order valence-electron chi connectivity index (χ2n) is 4.28. The molecule has 1 aromatic rings. The molecule has 1 amide bonds. The molecule has 6 heteroatoms. The van der Waals surface area contributed by atoms with E-state index in [1.54, 1.807) is 18.2 Å². The zero-order valence-electron chi connectivity index (χ0n) is 11.0. The number of pyridine rings is 1. The third kappa shape index (κ3) is 5.85. The average molecular weight is 266 g/mol. The average Bonchev–Trinajstić information content (AvgIpc) is 2.33. The van der Waals surface area contributed by atoms with Crippen LogP contribution in [0.3, 0.4) is 0 Å². The van der Waals surface area contributed by atoms with Crippen molar-refractivity contribution < 1.29 is 19.4 Å². The van der Waals surface area contributed by atoms with Crippen LogP contribution in [0.2, 0.25) is 0 Å². The standard InChI is InChI=1S/C13H18N2O4/c1-9(2)19-11-6-3-5-10(15-11)13(18)14-8-4-7-12(16)17/h3,5-6,9H,4,7-8H2,1-2H3,(H,14,18)(H,16,17). The summed E-state index contributed by atoms with van der Waals surface area (Å²) in [4.78, 5) is 26.1. The van der Waals surface area contributed by atoms with E-state index in [2.05, 4.69) is 10.3 Å². The third-order valence-corrected chi connectivity index (χ3v) is 2.17. The lowest BCUT2D eigenvalue weighted by atomic mass is 10.3. The number of hydrogen-bond acceptors (Lipinski definition) is 4. The number of nitrogens with zero attached hydrogens (tertiary/aromatic N) is 1. The van der Waals surface area contributed by atoms with Gasteiger partial charge in [0.1, 0.15) is 5.69 Å². The summed E-state index contributed by atoms with van der Waals surface area (Å²) >= 11 is 0. The molecule has 1 aromatic heterocycles. The maximum absolute atomic E-state index is 11.8. The molecule has 0 aliphatic heterocycles. The van der Waals surface area contributed by atoms with Gasteiger partial charge in [-0.3, -0.25) is 9.59 Å². The minimum Gasteiger partial charge on any atom is -0.481 e. The molecule has 0 aliphatic rings. The van der Waals surface area contributed by atoms with E-state index in [9.17, 15) is 9.59 Å². The Labute approximate surface area is 111 Å². The Kier molecular flexibility index (Phi) is 5.78. The van der Waals surface area contributed by atoms with Crippen LogP contribution >= 0.6 is 0 Å². The molecule has 0 saturated heterocycles. The van der Waals surface area contributed by atoms with Crippen LogP contribution in [0.5, 0.6) is 5.88 Å². The zero-order chi connectivity index (χ0) is 14.3. The minimum atomic E-state index is -0.875. The number of aromatic nitrogens is 1. The van der Waals surface area contributed by atoms with Gasteiger partial charge in [-0.05, 0) is 26.3 Å². The van der Waals surface area contributed by atoms with Crippen molar-refractivity contribution >= 4 is 11.9 Å². The predicted octanol–water partition coefficient (Wildman–Crippen LogP) is 1.46. The summed E-state index contributed by atoms with van der Waals surface area (Å²) < 4.78 is 5.39. The highest BCUT2D eigenvalue weighted by molar-refractivity contribution is 5.92. The van der Waals surface area contributed by atoms with Gasteiger partial charge in [-0.1, -0.05) is 6.07 Å². The summed E-state index contributed by atoms with van der Waals surface area (Å²) in [6.45, 7) is 4.06. The topological polar surface area (TPSA) is 88.5 Å². The quantitative estimate of drug-likeness (QED) is 0.729. The molecule has 19 heavy (non-hydrogen) atoms. The molecule has 0 unspecified atom stereocenters. The van der Waals surface area contributed by atoms with Gasteiger partial charge in [-0.25, -0.2) is 4.98 Å². The van der Waals surface area contributed by atoms with E-state index in [1.807, 2.05) is 13.8 Å². The van der Waals surface area contributed by atoms with E-state index < -0.39 is 5.97 Å². The number of ether oxygens (including phenoxy) is 1. The number of carboxylic acids is 1. The highest BCUT2D eigenvalue weighted by Crippen LogP contribution is 2.09. The van der Waals surface area contributed by atoms with Crippen molar-refractivity contribution in [2.45, 2.75) is 32.8 Å². The fourth-order valence-electron chi connectivity index (χ4n) is 1.38. The Morgan fingerprint density at radius 2 is 2.16 bits per heavy atom. The number of carbonyl (C=O) groups excluding carboxylic acids is 1. The molecule has 0 aromatic carbocycles. The van der Waals surface area contributed by atoms with Crippen molar-refractivity contribution in [3.8, 4) is 5.88 Å². The molecule has 2 N–H and O–H groups in total. The fraction of sp³-hybridized carbons (Fsp3) is 0.462. The Bertz CT molecular complexity index is 446. The summed E-state index contributed by atoms with van der Waals surface area (Å²) in [7, 11) is 0. The maximum Gasteiger partial charge on any atom is 0.303 e. The molecule has 0 radical (unpaired) electrons. The van der Waals surface area contributed by atoms with Crippen LogP contribution in [0.25, 0.3) is 0 Å². The van der Waals surface area contributed by atoms with Gasteiger partial charge in [0.05, 0.1) is 6.10 Å². The van der Waals surface area contributed by atoms with Crippen LogP contribution in [0, 0.1) is 0 Å². The fourth-order valence-corrected chi connectivity index (χ4v) is 1.38. The number of rotatable bonds is 7. The van der Waals surface area contributed by atoms with Gasteiger partial charge >= 0.3 is 5.97 Å². The van der Waals surface area contributed by atoms with Gasteiger partial charge in [-0.2, -0.15) is 0 Å². The molecule has 0 fully saturated rings. The molecule has 0 bridgehead atoms. The van der Waals surface area contributed by atoms with Gasteiger partial charge < -0.3 is 15.2 Å². The first-order valence-corrected chi connectivity index (χ1v) is 6.12. The zero-order valence-corrected chi connectivity index (χ0v) is 11.0. The highest BCUT2D eigenvalue weighted by atomic mass is 16.5. The van der Waals surface area contributed by atoms with Gasteiger partial charge in [-0.15, -0.1) is 0 Å². The summed E-state index contributed by atoms with van der Waals surface area (Å²) in [6.07, 6.45) is 0.411. The number of aliphatic carboxylic acids is 1. The monoisotopic (exact) mass is 266 g/mol. The Hall–Kier alpha value is -2.11. The number of nitrogens with one attached hydrogen (secondary N) is 1. The summed E-state index contributed by atoms with van der Waals surface area (Å²) in [5.41, 5.74) is 0.258. The van der Waals surface area contributed by atoms with Crippen LogP contribution in [-0.4, -0.2) is 34.6 Å². The van der Waals surface area contributed by atoms with Gasteiger partial charge in [0.25, 0.3) is 5.91 Å². The molecule has 0 atom stereocenters. The summed E-state index contributed by atoms with van der Waals surface area (Å²) in [6, 6.07) is 4.96. The van der Waals surface area contributed by atoms with Crippen molar-refractivity contribution in [2.75, 3.05) is 6.54 Å². The number of carbonyl (C=O) groups is 2. The van der Waals surface area contributed by atoms with E-state index in [-0.39, 0.29) is 24.1 Å². The lowest BCUT2D eigenvalue weighted by Crippen LogP contribution is -2.26. The first kappa shape index (κ1) is 14.9. The number of hydrogen-bond donors (Lipinski definition) is 2. The van der Waals surface area contributed by atoms with Crippen molar-refractivity contribution in [3.63, 3.8) is 0 Å². The molecule has 1 heterocycles. The Balaban J connectivity index is 2.49. The van der Waals surface area contributed by atoms with Gasteiger partial charge in [0.2, 0.25) is 5.88 Å². The predicted molar refractivity (Wildman–Crippen MR) is 69.2 cm³/mol. The second-order valence-corrected chi connectivity index (χ2v) is 4.28. The summed E-state index contributed by atoms with van der Waals surface area (Å²) in [5, 5.41) is 11.1. The molecule has 1 rings (SSSR count). The SMILES string of the molecule is CC(C)Oc1cccc(C(=O)NCCCC(=O)O)n1. The largest absolute Gasteiger partial charge is 0.481 e. The molecule has 6 nitrogen and oxygen atoms in total. The van der Waals surface area contributed by atoms with E-state index >= 15 is 0 Å². The van der Waals surface area contributed by atoms with Crippen LogP contribution in [0.1, 0.15) is 37.2 Å². The highest BCUT2D eigenvalue weighted by Gasteiger charge is 2.09. The Morgan fingerprint density at radius 1 is 1.42 bits per heavy atom. The third-order valence-electron chi connectivity index (χ3n) is 2.17. The van der Waals surface area contributed by atoms with Crippen LogP contribution in [0.15, 0.2) is 18.2 Å². The molecule has 104 valence electrons. The maximum atomic E-state index is 11.8. The molecule has 0 saturated carbocycles. The Morgan fingerprint density at radius 3 is 2.79 bits per heavy atom. The van der Waals surface area contributed by atoms with Gasteiger partial charge in [0.15, 0.2) is 0 Å². The van der Waals surface area contributed by atoms with Crippen molar-refractivity contribution in [1.29, 1.82) is 0 Å². The van der Waals surface area contributed by atoms with E-state index in [1.165, 1.54) is 0 Å². The van der Waals surface area contributed by atoms with Crippen molar-refractivity contribution in [3.05, 3.63) is 23.9 Å². The lowest BCUT2D eigenvalue weighted by molar-refractivity contribution is -0.137. The number of amides is 1. The number of carboxylic acid groups (broad SMARTS) is 1. The van der Waals surface area contributed by atoms with Crippen molar-refractivity contribution in [2.24, 2.45) is 0 Å². The molecular formula is C13H18N2O4. The first-order valence-electron chi connectivity index (χ1n) is 6.12. The molecule has 0 spiro atoms. The van der Waals surface area contributed by atoms with Gasteiger partial charge in [0, 0.05) is 19.0 Å². The minimum absolute atomic E-state index is 0.0126. The van der Waals surface area contributed by atoms with Crippen LogP contribution in [-0.2, 0) is 4.79 Å². The lowest BCUT2D eigenvalue weighted by Gasteiger charge is -2.09. The normalized spacial score (nSPS) is 10.3. The second kappa shape index (κ2) is 7.35. The first-order chi connectivity index (χ1) is 8.99. The van der Waals surface area contributed by atoms with Crippen molar-refractivity contribution in [1.82, 2.24) is 10.3 Å². The van der Waals surface area contributed by atoms with E-state index in [0.29, 0.717) is 18.8 Å². The van der Waals surface area contributed by atoms with E-state index in [0.717, 1.165) is 0 Å². The molecule has 0 aliphatic carbocycles. The van der Waals surface area contributed by atoms with E-state index in [4.69, 9.17) is 9.84 Å².